The molecule has 23 heteroatoms. The molecule has 10 atom stereocenters. The smallest absolute Gasteiger partial charge is 0.478 e. The quantitative estimate of drug-likeness (QED) is 0.0898. The van der Waals surface area contributed by atoms with Gasteiger partial charge in [0, 0.05) is 6.07 Å². The second-order valence-corrected chi connectivity index (χ2v) is 12.6. The van der Waals surface area contributed by atoms with Gasteiger partial charge in [-0.25, -0.2) is 28.2 Å². The zero-order valence-electron chi connectivity index (χ0n) is 22.1. The van der Waals surface area contributed by atoms with Gasteiger partial charge in [0.05, 0.1) is 19.5 Å². The number of alkyl halides is 1. The molecule has 0 radical (unpaired) electrons. The molecule has 10 unspecified atom stereocenters. The van der Waals surface area contributed by atoms with Gasteiger partial charge in [0.1, 0.15) is 47.9 Å². The summed E-state index contributed by atoms with van der Waals surface area (Å²) in [5, 5.41) is 31.1. The van der Waals surface area contributed by atoms with Crippen molar-refractivity contribution in [3.63, 3.8) is 0 Å². The monoisotopic (exact) mass is 665 g/mol. The number of aromatic nitrogens is 5. The lowest BCUT2D eigenvalue weighted by Crippen LogP contribution is -2.45. The number of ether oxygens (including phenoxy) is 2. The number of nitrogens with zero attached hydrogens (tertiary/aromatic N) is 5. The van der Waals surface area contributed by atoms with Gasteiger partial charge in [0.2, 0.25) is 6.17 Å². The number of carbonyl (C=O) groups excluding carboxylic acids is 1. The number of nitrogens with two attached hydrogens (primary N) is 2. The van der Waals surface area contributed by atoms with E-state index in [-0.39, 0.29) is 22.5 Å². The summed E-state index contributed by atoms with van der Waals surface area (Å²) in [7, 11) is -11.1. The van der Waals surface area contributed by atoms with Gasteiger partial charge in [0.15, 0.2) is 30.1 Å². The molecule has 2 fully saturated rings. The zero-order valence-corrected chi connectivity index (χ0v) is 23.9. The Balaban J connectivity index is 1.16. The number of phosphoric acid groups is 2. The molecule has 44 heavy (non-hydrogen) atoms. The minimum Gasteiger partial charge on any atom is -0.756 e. The first kappa shape index (κ1) is 32.4. The Bertz CT molecular complexity index is 1630. The summed E-state index contributed by atoms with van der Waals surface area (Å²) < 4.78 is 65.9. The van der Waals surface area contributed by atoms with E-state index in [4.69, 9.17) is 20.9 Å². The SMILES string of the molecule is NC(=O)c1ccc[n+](C2OC(COP(=O)([O-])OP(=O)(O)OCC3OC(n4cnc5c(N)ncnc54)C(O)C3O)C(O)C2F)c1. The Morgan fingerprint density at radius 2 is 1.82 bits per heavy atom. The standard InChI is InChI=1S/C21H26FN7O13P2/c22-12-14(30)10(40-20(12)28-3-1-2-9(4-28)18(24)33)5-38-43(34,35)42-44(36,37)39-6-11-15(31)16(32)21(41-11)29-8-27-13-17(23)25-7-26-19(13)29/h1-4,7-8,10-12,14-16,20-21,30-32H,5-6H2,(H5-,23,24,25,26,33,34,35,36,37). The third kappa shape index (κ3) is 6.64. The van der Waals surface area contributed by atoms with E-state index in [1.165, 1.54) is 29.2 Å². The van der Waals surface area contributed by atoms with Crippen molar-refractivity contribution in [2.24, 2.45) is 5.73 Å². The fourth-order valence-corrected chi connectivity index (χ4v) is 6.59. The zero-order chi connectivity index (χ0) is 32.0. The van der Waals surface area contributed by atoms with Crippen LogP contribution in [0.25, 0.3) is 11.2 Å². The second kappa shape index (κ2) is 12.4. The van der Waals surface area contributed by atoms with Gasteiger partial charge in [-0.3, -0.25) is 18.5 Å². The van der Waals surface area contributed by atoms with Crippen molar-refractivity contribution >= 4 is 38.5 Å². The minimum atomic E-state index is -5.66. The van der Waals surface area contributed by atoms with Crippen LogP contribution in [0.5, 0.6) is 0 Å². The summed E-state index contributed by atoms with van der Waals surface area (Å²) >= 11 is 0. The predicted octanol–water partition coefficient (Wildman–Crippen LogP) is -2.67. The summed E-state index contributed by atoms with van der Waals surface area (Å²) in [4.78, 5) is 45.4. The summed E-state index contributed by atoms with van der Waals surface area (Å²) in [6.07, 6.45) is -8.34. The Hall–Kier alpha value is -3.04. The van der Waals surface area contributed by atoms with E-state index in [1.807, 2.05) is 0 Å². The minimum absolute atomic E-state index is 0.00386. The molecule has 0 aromatic carbocycles. The highest BCUT2D eigenvalue weighted by Gasteiger charge is 2.50. The van der Waals surface area contributed by atoms with Crippen molar-refractivity contribution in [3.8, 4) is 0 Å². The van der Waals surface area contributed by atoms with E-state index >= 15 is 0 Å². The lowest BCUT2D eigenvalue weighted by atomic mass is 10.1. The molecule has 3 aromatic rings. The molecule has 20 nitrogen and oxygen atoms in total. The number of carbonyl (C=O) groups is 1. The van der Waals surface area contributed by atoms with Gasteiger partial charge in [-0.05, 0) is 6.07 Å². The molecule has 0 bridgehead atoms. The molecule has 5 heterocycles. The number of phosphoric ester groups is 2. The molecule has 1 amide bonds. The second-order valence-electron chi connectivity index (χ2n) is 9.62. The number of amides is 1. The third-order valence-electron chi connectivity index (χ3n) is 6.69. The molecule has 240 valence electrons. The van der Waals surface area contributed by atoms with E-state index in [2.05, 4.69) is 28.3 Å². The number of imidazole rings is 1. The topological polar surface area (TPSA) is 301 Å². The van der Waals surface area contributed by atoms with Gasteiger partial charge >= 0.3 is 7.82 Å². The van der Waals surface area contributed by atoms with Crippen molar-refractivity contribution < 1.29 is 70.8 Å². The van der Waals surface area contributed by atoms with Crippen molar-refractivity contribution in [2.45, 2.75) is 49.1 Å². The normalized spacial score (nSPS) is 31.6. The fourth-order valence-electron chi connectivity index (χ4n) is 4.54. The summed E-state index contributed by atoms with van der Waals surface area (Å²) in [6.45, 7) is -1.98. The van der Waals surface area contributed by atoms with Crippen LogP contribution in [0.2, 0.25) is 0 Å². The van der Waals surface area contributed by atoms with Gasteiger partial charge in [-0.1, -0.05) is 0 Å². The Kier molecular flexibility index (Phi) is 9.11. The van der Waals surface area contributed by atoms with E-state index < -0.39 is 83.9 Å². The Morgan fingerprint density at radius 3 is 2.55 bits per heavy atom. The molecule has 5 rings (SSSR count). The van der Waals surface area contributed by atoms with Crippen molar-refractivity contribution in [2.75, 3.05) is 18.9 Å². The van der Waals surface area contributed by atoms with Gasteiger partial charge in [-0.15, -0.1) is 0 Å². The molecule has 8 N–H and O–H groups in total. The predicted molar refractivity (Wildman–Crippen MR) is 136 cm³/mol. The lowest BCUT2D eigenvalue weighted by Gasteiger charge is -2.26. The van der Waals surface area contributed by atoms with E-state index in [0.29, 0.717) is 0 Å². The highest BCUT2D eigenvalue weighted by Crippen LogP contribution is 2.58. The average molecular weight is 665 g/mol. The summed E-state index contributed by atoms with van der Waals surface area (Å²) in [6, 6.07) is 2.72. The Labute approximate surface area is 245 Å². The molecule has 2 saturated heterocycles. The number of aliphatic hydroxyl groups is 3. The number of hydrogen-bond acceptors (Lipinski definition) is 16. The van der Waals surface area contributed by atoms with Crippen LogP contribution in [0, 0.1) is 0 Å². The number of fused-ring (bicyclic) bond motifs is 1. The molecule has 0 spiro atoms. The number of pyridine rings is 1. The first-order chi connectivity index (χ1) is 20.7. The van der Waals surface area contributed by atoms with Crippen molar-refractivity contribution in [1.82, 2.24) is 19.5 Å². The molecular formula is C21H26FN7O13P2. The van der Waals surface area contributed by atoms with E-state index in [0.717, 1.165) is 17.1 Å². The number of aliphatic hydroxyl groups excluding tert-OH is 3. The van der Waals surface area contributed by atoms with Crippen LogP contribution in [-0.4, -0.2) is 95.5 Å². The molecule has 2 aliphatic rings. The maximum Gasteiger partial charge on any atom is 0.478 e. The maximum absolute atomic E-state index is 14.7. The number of anilines is 1. The van der Waals surface area contributed by atoms with Crippen LogP contribution < -0.4 is 20.9 Å². The first-order valence-corrected chi connectivity index (χ1v) is 15.5. The van der Waals surface area contributed by atoms with Crippen molar-refractivity contribution in [3.05, 3.63) is 42.7 Å². The number of nitrogen functional groups attached to an aromatic ring is 1. The molecular weight excluding hydrogens is 639 g/mol. The highest BCUT2D eigenvalue weighted by atomic mass is 31.3. The lowest BCUT2D eigenvalue weighted by molar-refractivity contribution is -0.764. The number of primary amides is 1. The third-order valence-corrected chi connectivity index (χ3v) is 9.26. The Morgan fingerprint density at radius 1 is 1.11 bits per heavy atom. The highest BCUT2D eigenvalue weighted by molar-refractivity contribution is 7.60. The van der Waals surface area contributed by atoms with Gasteiger partial charge < -0.3 is 50.6 Å². The van der Waals surface area contributed by atoms with E-state index in [1.54, 1.807) is 0 Å². The van der Waals surface area contributed by atoms with Crippen LogP contribution in [0.1, 0.15) is 22.8 Å². The van der Waals surface area contributed by atoms with Crippen molar-refractivity contribution in [1.29, 1.82) is 0 Å². The first-order valence-electron chi connectivity index (χ1n) is 12.5. The van der Waals surface area contributed by atoms with Gasteiger partial charge in [0.25, 0.3) is 20.0 Å². The van der Waals surface area contributed by atoms with Crippen LogP contribution >= 0.6 is 15.6 Å². The number of hydrogen-bond donors (Lipinski definition) is 6. The maximum atomic E-state index is 14.7. The van der Waals surface area contributed by atoms with E-state index in [9.17, 15) is 43.4 Å². The summed E-state index contributed by atoms with van der Waals surface area (Å²) in [5.74, 6) is -0.776. The molecule has 2 aliphatic heterocycles. The number of halogens is 1. The number of rotatable bonds is 11. The molecule has 0 aliphatic carbocycles. The largest absolute Gasteiger partial charge is 0.756 e. The van der Waals surface area contributed by atoms with Gasteiger partial charge in [-0.2, -0.15) is 4.57 Å². The fraction of sp³-hybridized carbons (Fsp3) is 0.476. The molecule has 0 saturated carbocycles. The van der Waals surface area contributed by atoms with Crippen LogP contribution in [0.3, 0.4) is 0 Å². The summed E-state index contributed by atoms with van der Waals surface area (Å²) in [5.41, 5.74) is 11.3. The van der Waals surface area contributed by atoms with Crippen LogP contribution in [0.15, 0.2) is 37.2 Å². The average Bonchev–Trinajstić information content (AvgIpc) is 3.61. The van der Waals surface area contributed by atoms with Crippen LogP contribution in [0.4, 0.5) is 10.2 Å². The van der Waals surface area contributed by atoms with Crippen LogP contribution in [-0.2, 0) is 32.0 Å². The molecule has 3 aromatic heterocycles.